The van der Waals surface area contributed by atoms with Gasteiger partial charge in [0.25, 0.3) is 0 Å². The Morgan fingerprint density at radius 3 is 1.42 bits per heavy atom. The molecule has 0 radical (unpaired) electrons. The lowest BCUT2D eigenvalue weighted by Gasteiger charge is -2.18. The summed E-state index contributed by atoms with van der Waals surface area (Å²) in [5, 5.41) is 0. The highest BCUT2D eigenvalue weighted by molar-refractivity contribution is 5.71. The molecule has 0 aliphatic rings. The third-order valence-electron chi connectivity index (χ3n) is 6.50. The monoisotopic (exact) mass is 538 g/mol. The summed E-state index contributed by atoms with van der Waals surface area (Å²) in [4.78, 5) is 36.7. The van der Waals surface area contributed by atoms with E-state index in [1.54, 1.807) is 0 Å². The number of allylic oxidation sites excluding steroid dienone is 2. The summed E-state index contributed by atoms with van der Waals surface area (Å²) >= 11 is 0. The molecule has 1 unspecified atom stereocenters. The first kappa shape index (κ1) is 36.1. The number of carbonyl (C=O) groups is 3. The first-order valence-electron chi connectivity index (χ1n) is 15.7. The molecule has 0 aliphatic carbocycles. The van der Waals surface area contributed by atoms with E-state index in [2.05, 4.69) is 32.9 Å². The molecule has 0 N–H and O–H groups in total. The maximum Gasteiger partial charge on any atom is 0.306 e. The molecule has 0 spiro atoms. The smallest absolute Gasteiger partial charge is 0.306 e. The molecule has 0 saturated heterocycles. The van der Waals surface area contributed by atoms with Gasteiger partial charge in [-0.15, -0.1) is 0 Å². The van der Waals surface area contributed by atoms with Crippen LogP contribution in [0.3, 0.4) is 0 Å². The summed E-state index contributed by atoms with van der Waals surface area (Å²) in [5.74, 6) is -0.924. The number of carbonyl (C=O) groups excluding carboxylic acids is 3. The van der Waals surface area contributed by atoms with Gasteiger partial charge in [-0.05, 0) is 38.5 Å². The number of hydrogen-bond donors (Lipinski definition) is 0. The summed E-state index contributed by atoms with van der Waals surface area (Å²) in [5.41, 5.74) is 0. The van der Waals surface area contributed by atoms with Gasteiger partial charge in [0, 0.05) is 19.3 Å². The molecule has 0 aromatic carbocycles. The van der Waals surface area contributed by atoms with Gasteiger partial charge in [-0.3, -0.25) is 14.4 Å². The van der Waals surface area contributed by atoms with E-state index in [1.807, 2.05) is 0 Å². The molecule has 6 heteroatoms. The minimum Gasteiger partial charge on any atom is -0.462 e. The highest BCUT2D eigenvalue weighted by Crippen LogP contribution is 2.11. The van der Waals surface area contributed by atoms with Crippen LogP contribution in [0.2, 0.25) is 0 Å². The van der Waals surface area contributed by atoms with Crippen molar-refractivity contribution < 1.29 is 28.6 Å². The van der Waals surface area contributed by atoms with Gasteiger partial charge in [-0.2, -0.15) is 0 Å². The quantitative estimate of drug-likeness (QED) is 0.0450. The van der Waals surface area contributed by atoms with Crippen molar-refractivity contribution in [3.8, 4) is 0 Å². The molecule has 0 aromatic heterocycles. The molecule has 1 atom stereocenters. The summed E-state index contributed by atoms with van der Waals surface area (Å²) in [6.07, 6.45) is 24.0. The fourth-order valence-corrected chi connectivity index (χ4v) is 4.09. The molecule has 38 heavy (non-hydrogen) atoms. The van der Waals surface area contributed by atoms with Crippen LogP contribution >= 0.6 is 0 Å². The van der Waals surface area contributed by atoms with Crippen molar-refractivity contribution in [2.24, 2.45) is 0 Å². The third kappa shape index (κ3) is 25.8. The van der Waals surface area contributed by atoms with Crippen LogP contribution in [0.5, 0.6) is 0 Å². The Kier molecular flexibility index (Phi) is 26.8. The van der Waals surface area contributed by atoms with Crippen molar-refractivity contribution in [3.63, 3.8) is 0 Å². The Bertz CT molecular complexity index is 601. The molecule has 6 nitrogen and oxygen atoms in total. The largest absolute Gasteiger partial charge is 0.462 e. The van der Waals surface area contributed by atoms with Crippen LogP contribution in [0.15, 0.2) is 12.2 Å². The van der Waals surface area contributed by atoms with E-state index in [4.69, 9.17) is 14.2 Å². The fourth-order valence-electron chi connectivity index (χ4n) is 4.09. The molecule has 0 bridgehead atoms. The van der Waals surface area contributed by atoms with E-state index < -0.39 is 6.10 Å². The predicted octanol–water partition coefficient (Wildman–Crippen LogP) is 8.79. The van der Waals surface area contributed by atoms with Gasteiger partial charge >= 0.3 is 17.9 Å². The van der Waals surface area contributed by atoms with Gasteiger partial charge in [0.05, 0.1) is 0 Å². The van der Waals surface area contributed by atoms with Crippen molar-refractivity contribution in [2.75, 3.05) is 13.2 Å². The second-order valence-electron chi connectivity index (χ2n) is 10.4. The normalized spacial score (nSPS) is 12.0. The third-order valence-corrected chi connectivity index (χ3v) is 6.50. The van der Waals surface area contributed by atoms with Gasteiger partial charge in [0.1, 0.15) is 13.2 Å². The van der Waals surface area contributed by atoms with E-state index in [9.17, 15) is 14.4 Å². The average molecular weight is 539 g/mol. The number of hydrogen-bond acceptors (Lipinski definition) is 6. The van der Waals surface area contributed by atoms with Crippen LogP contribution < -0.4 is 0 Å². The number of ether oxygens (including phenoxy) is 3. The lowest BCUT2D eigenvalue weighted by atomic mass is 10.1. The topological polar surface area (TPSA) is 78.9 Å². The van der Waals surface area contributed by atoms with Crippen LogP contribution in [0.4, 0.5) is 0 Å². The average Bonchev–Trinajstić information content (AvgIpc) is 2.91. The van der Waals surface area contributed by atoms with Crippen molar-refractivity contribution in [2.45, 2.75) is 162 Å². The van der Waals surface area contributed by atoms with Crippen molar-refractivity contribution >= 4 is 17.9 Å². The maximum absolute atomic E-state index is 12.3. The van der Waals surface area contributed by atoms with Crippen LogP contribution in [0.1, 0.15) is 156 Å². The minimum atomic E-state index is -0.758. The lowest BCUT2D eigenvalue weighted by Crippen LogP contribution is -2.30. The Labute approximate surface area is 233 Å². The highest BCUT2D eigenvalue weighted by Gasteiger charge is 2.19. The van der Waals surface area contributed by atoms with Gasteiger partial charge in [0.2, 0.25) is 0 Å². The van der Waals surface area contributed by atoms with Crippen LogP contribution in [-0.4, -0.2) is 37.2 Å². The molecular formula is C32H58O6. The molecule has 0 heterocycles. The summed E-state index contributed by atoms with van der Waals surface area (Å²) < 4.78 is 16.3. The zero-order valence-electron chi connectivity index (χ0n) is 24.9. The first-order valence-corrected chi connectivity index (χ1v) is 15.7. The minimum absolute atomic E-state index is 0.0741. The highest BCUT2D eigenvalue weighted by atomic mass is 16.6. The van der Waals surface area contributed by atoms with Gasteiger partial charge in [-0.1, -0.05) is 110 Å². The summed E-state index contributed by atoms with van der Waals surface area (Å²) in [6, 6.07) is 0. The molecule has 222 valence electrons. The molecule has 0 saturated carbocycles. The molecule has 0 amide bonds. The Morgan fingerprint density at radius 1 is 0.500 bits per heavy atom. The van der Waals surface area contributed by atoms with Crippen molar-refractivity contribution in [3.05, 3.63) is 12.2 Å². The van der Waals surface area contributed by atoms with Crippen LogP contribution in [0.25, 0.3) is 0 Å². The molecule has 0 aromatic rings. The zero-order chi connectivity index (χ0) is 28.1. The number of esters is 3. The number of rotatable bonds is 27. The van der Waals surface area contributed by atoms with E-state index in [1.165, 1.54) is 32.1 Å². The summed E-state index contributed by atoms with van der Waals surface area (Å²) in [7, 11) is 0. The number of unbranched alkanes of at least 4 members (excludes halogenated alkanes) is 14. The second-order valence-corrected chi connectivity index (χ2v) is 10.4. The van der Waals surface area contributed by atoms with Crippen LogP contribution in [-0.2, 0) is 28.6 Å². The Morgan fingerprint density at radius 2 is 0.921 bits per heavy atom. The molecule has 0 fully saturated rings. The second kappa shape index (κ2) is 28.2. The predicted molar refractivity (Wildman–Crippen MR) is 155 cm³/mol. The van der Waals surface area contributed by atoms with Crippen molar-refractivity contribution in [1.29, 1.82) is 0 Å². The van der Waals surface area contributed by atoms with E-state index in [0.717, 1.165) is 83.5 Å². The SMILES string of the molecule is CCC/C=C\CCCCCCCC(=O)OCC(COC(=O)CCCCCCC)OC(=O)CCCCCCC. The van der Waals surface area contributed by atoms with E-state index in [-0.39, 0.29) is 31.1 Å². The maximum atomic E-state index is 12.3. The standard InChI is InChI=1S/C32H58O6/c1-4-7-10-13-14-15-16-17-20-22-25-31(34)37-28-29(38-32(35)26-23-19-12-9-6-3)27-36-30(33)24-21-18-11-8-5-2/h10,13,29H,4-9,11-12,14-28H2,1-3H3/b13-10-. The lowest BCUT2D eigenvalue weighted by molar-refractivity contribution is -0.167. The van der Waals surface area contributed by atoms with E-state index in [0.29, 0.717) is 19.3 Å². The molecule has 0 rings (SSSR count). The van der Waals surface area contributed by atoms with Gasteiger partial charge in [0.15, 0.2) is 6.10 Å². The Balaban J connectivity index is 4.30. The fraction of sp³-hybridized carbons (Fsp3) is 0.844. The molecular weight excluding hydrogens is 480 g/mol. The van der Waals surface area contributed by atoms with E-state index >= 15 is 0 Å². The van der Waals surface area contributed by atoms with Crippen molar-refractivity contribution in [1.82, 2.24) is 0 Å². The summed E-state index contributed by atoms with van der Waals surface area (Å²) in [6.45, 7) is 6.35. The first-order chi connectivity index (χ1) is 18.5. The Hall–Kier alpha value is -1.85. The van der Waals surface area contributed by atoms with Gasteiger partial charge < -0.3 is 14.2 Å². The van der Waals surface area contributed by atoms with Gasteiger partial charge in [-0.25, -0.2) is 0 Å². The van der Waals surface area contributed by atoms with Crippen LogP contribution in [0, 0.1) is 0 Å². The zero-order valence-corrected chi connectivity index (χ0v) is 24.9. The molecule has 0 aliphatic heterocycles.